The molecule has 2 N–H and O–H groups in total. The Hall–Kier alpha value is -2.86. The van der Waals surface area contributed by atoms with Crippen molar-refractivity contribution in [2.75, 3.05) is 23.8 Å². The number of nitrogens with zero attached hydrogens (tertiary/aromatic N) is 1. The largest absolute Gasteiger partial charge is 0.355 e. The third kappa shape index (κ3) is 3.86. The van der Waals surface area contributed by atoms with Gasteiger partial charge in [-0.3, -0.25) is 14.4 Å². The van der Waals surface area contributed by atoms with Gasteiger partial charge in [-0.05, 0) is 42.5 Å². The number of benzene rings is 2. The van der Waals surface area contributed by atoms with Crippen molar-refractivity contribution in [1.29, 1.82) is 0 Å². The number of amides is 3. The predicted octanol–water partition coefficient (Wildman–Crippen LogP) is 2.69. The zero-order valence-corrected chi connectivity index (χ0v) is 14.9. The summed E-state index contributed by atoms with van der Waals surface area (Å²) < 4.78 is 0. The first-order valence-corrected chi connectivity index (χ1v) is 8.54. The molecule has 1 unspecified atom stereocenters. The topological polar surface area (TPSA) is 78.5 Å². The molecule has 2 aromatic carbocycles. The highest BCUT2D eigenvalue weighted by Crippen LogP contribution is 2.27. The number of carbonyl (C=O) groups excluding carboxylic acids is 3. The molecule has 26 heavy (non-hydrogen) atoms. The van der Waals surface area contributed by atoms with Gasteiger partial charge in [-0.2, -0.15) is 0 Å². The molecule has 6 nitrogen and oxygen atoms in total. The summed E-state index contributed by atoms with van der Waals surface area (Å²) in [6, 6.07) is 13.6. The molecule has 0 bridgehead atoms. The Bertz CT molecular complexity index is 851. The smallest absolute Gasteiger partial charge is 0.251 e. The van der Waals surface area contributed by atoms with Gasteiger partial charge in [0.1, 0.15) is 0 Å². The Morgan fingerprint density at radius 1 is 1.15 bits per heavy atom. The van der Waals surface area contributed by atoms with Crippen molar-refractivity contribution in [1.82, 2.24) is 5.32 Å². The van der Waals surface area contributed by atoms with Crippen LogP contribution in [0.1, 0.15) is 16.8 Å². The molecule has 1 fully saturated rings. The summed E-state index contributed by atoms with van der Waals surface area (Å²) in [7, 11) is 1.56. The van der Waals surface area contributed by atoms with Gasteiger partial charge in [-0.15, -0.1) is 0 Å². The van der Waals surface area contributed by atoms with Gasteiger partial charge in [0, 0.05) is 42.0 Å². The molecule has 1 aliphatic heterocycles. The van der Waals surface area contributed by atoms with E-state index in [1.165, 1.54) is 0 Å². The third-order valence-corrected chi connectivity index (χ3v) is 4.49. The van der Waals surface area contributed by atoms with Crippen LogP contribution < -0.4 is 15.5 Å². The molecule has 2 aromatic rings. The first-order chi connectivity index (χ1) is 12.5. The van der Waals surface area contributed by atoms with E-state index in [2.05, 4.69) is 10.6 Å². The molecule has 3 amide bonds. The zero-order valence-electron chi connectivity index (χ0n) is 14.2. The van der Waals surface area contributed by atoms with Crippen molar-refractivity contribution in [2.45, 2.75) is 6.42 Å². The third-order valence-electron chi connectivity index (χ3n) is 4.26. The highest BCUT2D eigenvalue weighted by atomic mass is 35.5. The molecule has 1 atom stereocenters. The summed E-state index contributed by atoms with van der Waals surface area (Å²) >= 11 is 5.98. The number of halogens is 1. The van der Waals surface area contributed by atoms with Crippen molar-refractivity contribution in [3.05, 3.63) is 59.1 Å². The van der Waals surface area contributed by atoms with Crippen LogP contribution in [0.5, 0.6) is 0 Å². The lowest BCUT2D eigenvalue weighted by Crippen LogP contribution is -2.28. The highest BCUT2D eigenvalue weighted by molar-refractivity contribution is 6.31. The number of nitrogens with one attached hydrogen (secondary N) is 2. The Morgan fingerprint density at radius 3 is 2.54 bits per heavy atom. The minimum absolute atomic E-state index is 0.109. The first kappa shape index (κ1) is 17.9. The summed E-state index contributed by atoms with van der Waals surface area (Å²) in [5.41, 5.74) is 1.78. The summed E-state index contributed by atoms with van der Waals surface area (Å²) in [6.07, 6.45) is 0.147. The van der Waals surface area contributed by atoms with E-state index in [-0.39, 0.29) is 24.1 Å². The summed E-state index contributed by atoms with van der Waals surface area (Å²) in [6.45, 7) is 0.307. The van der Waals surface area contributed by atoms with Crippen molar-refractivity contribution in [3.63, 3.8) is 0 Å². The van der Waals surface area contributed by atoms with E-state index >= 15 is 0 Å². The maximum absolute atomic E-state index is 12.5. The van der Waals surface area contributed by atoms with Crippen LogP contribution in [0.4, 0.5) is 11.4 Å². The van der Waals surface area contributed by atoms with Crippen molar-refractivity contribution in [3.8, 4) is 0 Å². The molecule has 134 valence electrons. The molecule has 0 radical (unpaired) electrons. The normalized spacial score (nSPS) is 16.5. The fraction of sp³-hybridized carbons (Fsp3) is 0.211. The molecular weight excluding hydrogens is 354 g/mol. The predicted molar refractivity (Wildman–Crippen MR) is 100 cm³/mol. The lowest BCUT2D eigenvalue weighted by Gasteiger charge is -2.17. The van der Waals surface area contributed by atoms with E-state index in [9.17, 15) is 14.4 Å². The maximum Gasteiger partial charge on any atom is 0.251 e. The van der Waals surface area contributed by atoms with E-state index in [1.54, 1.807) is 60.5 Å². The maximum atomic E-state index is 12.5. The Morgan fingerprint density at radius 2 is 1.88 bits per heavy atom. The van der Waals surface area contributed by atoms with E-state index in [4.69, 9.17) is 11.6 Å². The monoisotopic (exact) mass is 371 g/mol. The second kappa shape index (κ2) is 7.58. The molecule has 7 heteroatoms. The van der Waals surface area contributed by atoms with Gasteiger partial charge in [-0.25, -0.2) is 0 Å². The minimum atomic E-state index is -0.444. The quantitative estimate of drug-likeness (QED) is 0.867. The lowest BCUT2D eigenvalue weighted by atomic mass is 10.1. The van der Waals surface area contributed by atoms with Gasteiger partial charge in [-0.1, -0.05) is 17.7 Å². The van der Waals surface area contributed by atoms with Crippen LogP contribution in [0.2, 0.25) is 5.02 Å². The van der Waals surface area contributed by atoms with Crippen LogP contribution in [-0.4, -0.2) is 31.3 Å². The second-order valence-corrected chi connectivity index (χ2v) is 6.47. The van der Waals surface area contributed by atoms with Gasteiger partial charge in [0.25, 0.3) is 5.91 Å². The first-order valence-electron chi connectivity index (χ1n) is 8.17. The molecule has 0 saturated carbocycles. The van der Waals surface area contributed by atoms with Crippen LogP contribution in [-0.2, 0) is 9.59 Å². The SMILES string of the molecule is CNC(=O)c1ccc(NC(=O)C2CC(=O)N(c3cccc(Cl)c3)C2)cc1. The van der Waals surface area contributed by atoms with E-state index < -0.39 is 5.92 Å². The molecule has 0 spiro atoms. The van der Waals surface area contributed by atoms with Crippen LogP contribution in [0.15, 0.2) is 48.5 Å². The molecular formula is C19H18ClN3O3. The summed E-state index contributed by atoms with van der Waals surface area (Å²) in [4.78, 5) is 37.9. The number of carbonyl (C=O) groups is 3. The Labute approximate surface area is 156 Å². The van der Waals surface area contributed by atoms with Crippen LogP contribution in [0.25, 0.3) is 0 Å². The second-order valence-electron chi connectivity index (χ2n) is 6.03. The molecule has 1 aliphatic rings. The number of anilines is 2. The number of hydrogen-bond donors (Lipinski definition) is 2. The average Bonchev–Trinajstić information content (AvgIpc) is 3.03. The van der Waals surface area contributed by atoms with Gasteiger partial charge < -0.3 is 15.5 Å². The summed E-state index contributed by atoms with van der Waals surface area (Å²) in [5, 5.41) is 5.87. The summed E-state index contributed by atoms with van der Waals surface area (Å²) in [5.74, 6) is -0.973. The van der Waals surface area contributed by atoms with E-state index in [0.29, 0.717) is 28.5 Å². The molecule has 0 aromatic heterocycles. The number of hydrogen-bond acceptors (Lipinski definition) is 3. The lowest BCUT2D eigenvalue weighted by molar-refractivity contribution is -0.122. The van der Waals surface area contributed by atoms with Crippen LogP contribution in [0.3, 0.4) is 0 Å². The highest BCUT2D eigenvalue weighted by Gasteiger charge is 2.35. The van der Waals surface area contributed by atoms with Gasteiger partial charge >= 0.3 is 0 Å². The van der Waals surface area contributed by atoms with Gasteiger partial charge in [0.05, 0.1) is 5.92 Å². The van der Waals surface area contributed by atoms with Gasteiger partial charge in [0.2, 0.25) is 11.8 Å². The van der Waals surface area contributed by atoms with E-state index in [1.807, 2.05) is 0 Å². The van der Waals surface area contributed by atoms with Crippen molar-refractivity contribution < 1.29 is 14.4 Å². The Balaban J connectivity index is 1.65. The van der Waals surface area contributed by atoms with E-state index in [0.717, 1.165) is 0 Å². The fourth-order valence-electron chi connectivity index (χ4n) is 2.87. The molecule has 1 saturated heterocycles. The van der Waals surface area contributed by atoms with Crippen molar-refractivity contribution >= 4 is 40.7 Å². The van der Waals surface area contributed by atoms with Crippen molar-refractivity contribution in [2.24, 2.45) is 5.92 Å². The number of rotatable bonds is 4. The molecule has 0 aliphatic carbocycles. The van der Waals surface area contributed by atoms with Gasteiger partial charge in [0.15, 0.2) is 0 Å². The average molecular weight is 372 g/mol. The van der Waals surface area contributed by atoms with Crippen LogP contribution >= 0.6 is 11.6 Å². The molecule has 1 heterocycles. The molecule has 3 rings (SSSR count). The standard InChI is InChI=1S/C19H18ClN3O3/c1-21-18(25)12-5-7-15(8-6-12)22-19(26)13-9-17(24)23(11-13)16-4-2-3-14(20)10-16/h2-8,10,13H,9,11H2,1H3,(H,21,25)(H,22,26). The zero-order chi connectivity index (χ0) is 18.7. The fourth-order valence-corrected chi connectivity index (χ4v) is 3.05. The minimum Gasteiger partial charge on any atom is -0.355 e. The Kier molecular flexibility index (Phi) is 5.23. The van der Waals surface area contributed by atoms with Crippen LogP contribution in [0, 0.1) is 5.92 Å².